The monoisotopic (exact) mass is 394 g/mol. The van der Waals surface area contributed by atoms with Gasteiger partial charge >= 0.3 is 5.69 Å². The van der Waals surface area contributed by atoms with Gasteiger partial charge in [0.1, 0.15) is 11.3 Å². The van der Waals surface area contributed by atoms with Crippen molar-refractivity contribution in [1.29, 1.82) is 0 Å². The van der Waals surface area contributed by atoms with Crippen molar-refractivity contribution in [3.05, 3.63) is 68.5 Å². The van der Waals surface area contributed by atoms with E-state index in [2.05, 4.69) is 10.3 Å². The lowest BCUT2D eigenvalue weighted by atomic mass is 10.2. The van der Waals surface area contributed by atoms with Gasteiger partial charge in [-0.2, -0.15) is 0 Å². The Labute approximate surface area is 166 Å². The number of carbonyl (C=O) groups is 1. The number of nitrogens with zero attached hydrogens (tertiary/aromatic N) is 3. The number of hydrogen-bond acceptors (Lipinski definition) is 5. The summed E-state index contributed by atoms with van der Waals surface area (Å²) >= 11 is 0. The zero-order chi connectivity index (χ0) is 20.5. The number of fused-ring (bicyclic) bond motifs is 1. The van der Waals surface area contributed by atoms with E-state index in [1.165, 1.54) is 43.6 Å². The van der Waals surface area contributed by atoms with Crippen LogP contribution in [0.25, 0.3) is 11.0 Å². The highest BCUT2D eigenvalue weighted by atomic mass is 16.5. The standard InChI is InChI=1S/C21H22N4O4/c1-24-18-16(20(27)25(2)21(24)28)8-9-17(23-18)19(26)22-15-5-3-4-14(10-15)12-29-11-13-6-7-13/h3-5,8-10,13H,6-7,11-12H2,1-2H3,(H,22,26). The minimum absolute atomic E-state index is 0.121. The van der Waals surface area contributed by atoms with Crippen molar-refractivity contribution in [3.63, 3.8) is 0 Å². The second-order valence-corrected chi connectivity index (χ2v) is 7.39. The third-order valence-corrected chi connectivity index (χ3v) is 5.04. The lowest BCUT2D eigenvalue weighted by Crippen LogP contribution is -2.37. The average Bonchev–Trinajstić information content (AvgIpc) is 3.55. The van der Waals surface area contributed by atoms with E-state index in [1.54, 1.807) is 6.07 Å². The van der Waals surface area contributed by atoms with E-state index in [4.69, 9.17) is 4.74 Å². The van der Waals surface area contributed by atoms with Crippen molar-refractivity contribution in [2.45, 2.75) is 19.4 Å². The molecule has 29 heavy (non-hydrogen) atoms. The lowest BCUT2D eigenvalue weighted by Gasteiger charge is -2.10. The minimum Gasteiger partial charge on any atom is -0.376 e. The zero-order valence-electron chi connectivity index (χ0n) is 16.3. The summed E-state index contributed by atoms with van der Waals surface area (Å²) in [6, 6.07) is 10.4. The van der Waals surface area contributed by atoms with Crippen LogP contribution in [0.5, 0.6) is 0 Å². The third kappa shape index (κ3) is 3.97. The van der Waals surface area contributed by atoms with Crippen molar-refractivity contribution in [1.82, 2.24) is 14.1 Å². The van der Waals surface area contributed by atoms with Crippen LogP contribution in [-0.4, -0.2) is 26.6 Å². The fraction of sp³-hybridized carbons (Fsp3) is 0.333. The van der Waals surface area contributed by atoms with Gasteiger partial charge in [0.15, 0.2) is 0 Å². The molecular formula is C21H22N4O4. The number of carbonyl (C=O) groups excluding carboxylic acids is 1. The first-order valence-electron chi connectivity index (χ1n) is 9.49. The average molecular weight is 394 g/mol. The molecule has 1 aromatic carbocycles. The van der Waals surface area contributed by atoms with Gasteiger partial charge in [-0.15, -0.1) is 0 Å². The molecule has 0 unspecified atom stereocenters. The van der Waals surface area contributed by atoms with Crippen molar-refractivity contribution in [2.24, 2.45) is 20.0 Å². The third-order valence-electron chi connectivity index (χ3n) is 5.04. The molecule has 0 aliphatic heterocycles. The molecule has 1 amide bonds. The molecule has 1 N–H and O–H groups in total. The summed E-state index contributed by atoms with van der Waals surface area (Å²) in [6.07, 6.45) is 2.49. The first-order chi connectivity index (χ1) is 13.9. The highest BCUT2D eigenvalue weighted by molar-refractivity contribution is 6.03. The molecule has 0 saturated heterocycles. The summed E-state index contributed by atoms with van der Waals surface area (Å²) in [5, 5.41) is 3.09. The quantitative estimate of drug-likeness (QED) is 0.688. The molecule has 0 radical (unpaired) electrons. The molecule has 1 fully saturated rings. The number of anilines is 1. The van der Waals surface area contributed by atoms with E-state index in [9.17, 15) is 14.4 Å². The van der Waals surface area contributed by atoms with Gasteiger partial charge in [-0.3, -0.25) is 18.7 Å². The first kappa shape index (κ1) is 19.1. The van der Waals surface area contributed by atoms with Crippen LogP contribution in [0.1, 0.15) is 28.9 Å². The summed E-state index contributed by atoms with van der Waals surface area (Å²) in [6.45, 7) is 1.27. The predicted molar refractivity (Wildman–Crippen MR) is 109 cm³/mol. The maximum Gasteiger partial charge on any atom is 0.332 e. The van der Waals surface area contributed by atoms with E-state index in [1.807, 2.05) is 18.2 Å². The fourth-order valence-electron chi connectivity index (χ4n) is 3.14. The predicted octanol–water partition coefficient (Wildman–Crippen LogP) is 1.81. The number of aromatic nitrogens is 3. The summed E-state index contributed by atoms with van der Waals surface area (Å²) in [5.74, 6) is 0.278. The van der Waals surface area contributed by atoms with Crippen LogP contribution >= 0.6 is 0 Å². The van der Waals surface area contributed by atoms with Gasteiger partial charge in [0.25, 0.3) is 11.5 Å². The molecule has 2 aromatic heterocycles. The van der Waals surface area contributed by atoms with Gasteiger partial charge in [-0.1, -0.05) is 12.1 Å². The van der Waals surface area contributed by atoms with E-state index in [-0.39, 0.29) is 16.7 Å². The molecule has 150 valence electrons. The molecular weight excluding hydrogens is 372 g/mol. The summed E-state index contributed by atoms with van der Waals surface area (Å²) < 4.78 is 7.96. The number of amides is 1. The van der Waals surface area contributed by atoms with Crippen LogP contribution < -0.4 is 16.6 Å². The van der Waals surface area contributed by atoms with Gasteiger partial charge in [0.05, 0.1) is 12.0 Å². The Morgan fingerprint density at radius 1 is 1.17 bits per heavy atom. The number of pyridine rings is 1. The Hall–Kier alpha value is -3.26. The van der Waals surface area contributed by atoms with E-state index in [0.29, 0.717) is 18.2 Å². The minimum atomic E-state index is -0.494. The number of ether oxygens (including phenoxy) is 1. The molecule has 1 saturated carbocycles. The molecule has 8 nitrogen and oxygen atoms in total. The van der Waals surface area contributed by atoms with Crippen LogP contribution in [0.15, 0.2) is 46.0 Å². The Morgan fingerprint density at radius 3 is 2.72 bits per heavy atom. The maximum atomic E-state index is 12.7. The highest BCUT2D eigenvalue weighted by Gasteiger charge is 2.21. The van der Waals surface area contributed by atoms with Crippen molar-refractivity contribution >= 4 is 22.6 Å². The lowest BCUT2D eigenvalue weighted by molar-refractivity contribution is 0.102. The number of benzene rings is 1. The van der Waals surface area contributed by atoms with E-state index >= 15 is 0 Å². The van der Waals surface area contributed by atoms with Crippen LogP contribution in [0.2, 0.25) is 0 Å². The molecule has 1 aliphatic carbocycles. The van der Waals surface area contributed by atoms with Gasteiger partial charge in [-0.05, 0) is 48.6 Å². The normalized spacial score (nSPS) is 13.6. The largest absolute Gasteiger partial charge is 0.376 e. The molecule has 0 spiro atoms. The molecule has 0 atom stereocenters. The van der Waals surface area contributed by atoms with Crippen LogP contribution in [0, 0.1) is 5.92 Å². The molecule has 2 heterocycles. The zero-order valence-corrected chi connectivity index (χ0v) is 16.3. The van der Waals surface area contributed by atoms with Gasteiger partial charge in [0.2, 0.25) is 0 Å². The second kappa shape index (κ2) is 7.63. The smallest absolute Gasteiger partial charge is 0.332 e. The number of aryl methyl sites for hydroxylation is 1. The van der Waals surface area contributed by atoms with Crippen LogP contribution in [-0.2, 0) is 25.4 Å². The topological polar surface area (TPSA) is 95.2 Å². The summed E-state index contributed by atoms with van der Waals surface area (Å²) in [5.41, 5.74) is 0.958. The summed E-state index contributed by atoms with van der Waals surface area (Å²) in [4.78, 5) is 41.3. The number of rotatable bonds is 6. The molecule has 4 rings (SSSR count). The summed E-state index contributed by atoms with van der Waals surface area (Å²) in [7, 11) is 2.93. The van der Waals surface area contributed by atoms with E-state index < -0.39 is 17.2 Å². The Balaban J connectivity index is 1.54. The second-order valence-electron chi connectivity index (χ2n) is 7.39. The molecule has 3 aromatic rings. The number of nitrogens with one attached hydrogen (secondary N) is 1. The number of hydrogen-bond donors (Lipinski definition) is 1. The fourth-order valence-corrected chi connectivity index (χ4v) is 3.14. The van der Waals surface area contributed by atoms with E-state index in [0.717, 1.165) is 16.7 Å². The van der Waals surface area contributed by atoms with Crippen molar-refractivity contribution in [2.75, 3.05) is 11.9 Å². The Bertz CT molecular complexity index is 1210. The first-order valence-corrected chi connectivity index (χ1v) is 9.49. The Kier molecular flexibility index (Phi) is 5.02. The molecule has 8 heteroatoms. The van der Waals surface area contributed by atoms with Crippen LogP contribution in [0.3, 0.4) is 0 Å². The van der Waals surface area contributed by atoms with Gasteiger partial charge in [0, 0.05) is 26.4 Å². The van der Waals surface area contributed by atoms with Crippen molar-refractivity contribution < 1.29 is 9.53 Å². The molecule has 0 bridgehead atoms. The van der Waals surface area contributed by atoms with Gasteiger partial charge in [-0.25, -0.2) is 9.78 Å². The maximum absolute atomic E-state index is 12.7. The van der Waals surface area contributed by atoms with Gasteiger partial charge < -0.3 is 10.1 Å². The van der Waals surface area contributed by atoms with Crippen LogP contribution in [0.4, 0.5) is 5.69 Å². The molecule has 1 aliphatic rings. The Morgan fingerprint density at radius 2 is 1.97 bits per heavy atom. The SMILES string of the molecule is Cn1c(=O)c2ccc(C(=O)Nc3cccc(COCC4CC4)c3)nc2n(C)c1=O. The highest BCUT2D eigenvalue weighted by Crippen LogP contribution is 2.29. The van der Waals surface area contributed by atoms with Crippen molar-refractivity contribution in [3.8, 4) is 0 Å².